The molecule has 1 saturated carbocycles. The van der Waals surface area contributed by atoms with Gasteiger partial charge in [0.05, 0.1) is 12.1 Å². The number of nitrogens with two attached hydrogens (primary N) is 1. The number of fused-ring (bicyclic) bond motifs is 1. The Hall–Kier alpha value is -2.87. The molecule has 2 aliphatic rings. The number of piperidine rings is 1. The van der Waals surface area contributed by atoms with Gasteiger partial charge in [0.1, 0.15) is 5.71 Å². The van der Waals surface area contributed by atoms with Crippen molar-refractivity contribution in [1.29, 1.82) is 0 Å². The molecule has 1 amide bonds. The van der Waals surface area contributed by atoms with Gasteiger partial charge in [-0.05, 0) is 56.8 Å². The third-order valence-corrected chi connectivity index (χ3v) is 5.48. The summed E-state index contributed by atoms with van der Waals surface area (Å²) in [4.78, 5) is 16.4. The molecule has 0 bridgehead atoms. The van der Waals surface area contributed by atoms with Gasteiger partial charge in [-0.3, -0.25) is 9.79 Å². The molecule has 0 spiro atoms. The fourth-order valence-electron chi connectivity index (χ4n) is 3.61. The summed E-state index contributed by atoms with van der Waals surface area (Å²) < 4.78 is 7.78. The Morgan fingerprint density at radius 1 is 1.38 bits per heavy atom. The molecule has 4 N–H and O–H groups in total. The van der Waals surface area contributed by atoms with Crippen LogP contribution in [0.4, 0.5) is 5.82 Å². The molecule has 3 heterocycles. The number of hydrogen-bond donors (Lipinski definition) is 3. The number of aliphatic imine (C=N–C) groups is 1. The number of pyridine rings is 1. The van der Waals surface area contributed by atoms with Gasteiger partial charge in [-0.2, -0.15) is 5.10 Å². The van der Waals surface area contributed by atoms with Crippen molar-refractivity contribution in [3.8, 4) is 0 Å². The van der Waals surface area contributed by atoms with Crippen molar-refractivity contribution in [2.75, 3.05) is 32.1 Å². The number of carbonyl (C=O) groups is 1. The first-order valence-electron chi connectivity index (χ1n) is 10.2. The highest BCUT2D eigenvalue weighted by Gasteiger charge is 2.30. The van der Waals surface area contributed by atoms with Gasteiger partial charge in [-0.1, -0.05) is 0 Å². The summed E-state index contributed by atoms with van der Waals surface area (Å²) in [5, 5.41) is 10.7. The van der Waals surface area contributed by atoms with Gasteiger partial charge < -0.3 is 21.1 Å². The van der Waals surface area contributed by atoms with Crippen molar-refractivity contribution in [3.05, 3.63) is 41.9 Å². The van der Waals surface area contributed by atoms with E-state index in [0.29, 0.717) is 29.8 Å². The van der Waals surface area contributed by atoms with Crippen LogP contribution in [-0.4, -0.2) is 48.0 Å². The Morgan fingerprint density at radius 2 is 2.17 bits per heavy atom. The number of nitrogens with one attached hydrogen (secondary N) is 2. The van der Waals surface area contributed by atoms with E-state index in [0.717, 1.165) is 49.9 Å². The molecule has 0 atom stereocenters. The zero-order valence-corrected chi connectivity index (χ0v) is 16.7. The first-order valence-corrected chi connectivity index (χ1v) is 10.2. The maximum absolute atomic E-state index is 12.0. The lowest BCUT2D eigenvalue weighted by Crippen LogP contribution is -2.30. The van der Waals surface area contributed by atoms with E-state index < -0.39 is 0 Å². The van der Waals surface area contributed by atoms with E-state index in [-0.39, 0.29) is 11.8 Å². The van der Waals surface area contributed by atoms with Crippen molar-refractivity contribution in [2.45, 2.75) is 25.7 Å². The van der Waals surface area contributed by atoms with Crippen molar-refractivity contribution in [2.24, 2.45) is 22.6 Å². The Bertz CT molecular complexity index is 938. The summed E-state index contributed by atoms with van der Waals surface area (Å²) in [7, 11) is 1.73. The second-order valence-corrected chi connectivity index (χ2v) is 7.69. The minimum atomic E-state index is 0.0455. The van der Waals surface area contributed by atoms with Crippen LogP contribution in [0.5, 0.6) is 0 Å². The van der Waals surface area contributed by atoms with Crippen LogP contribution in [0, 0.1) is 11.8 Å². The number of amides is 1. The van der Waals surface area contributed by atoms with Crippen LogP contribution < -0.4 is 16.4 Å². The smallest absolute Gasteiger partial charge is 0.228 e. The lowest BCUT2D eigenvalue weighted by molar-refractivity contribution is -0.117. The number of aromatic nitrogens is 2. The molecular formula is C21H28N6O2. The van der Waals surface area contributed by atoms with Gasteiger partial charge in [-0.15, -0.1) is 0 Å². The second-order valence-electron chi connectivity index (χ2n) is 7.69. The highest BCUT2D eigenvalue weighted by molar-refractivity contribution is 6.11. The Labute approximate surface area is 170 Å². The van der Waals surface area contributed by atoms with E-state index in [4.69, 9.17) is 10.5 Å². The minimum Gasteiger partial charge on any atom is -0.490 e. The molecule has 0 unspecified atom stereocenters. The quantitative estimate of drug-likeness (QED) is 0.490. The normalized spacial score (nSPS) is 18.8. The van der Waals surface area contributed by atoms with Crippen molar-refractivity contribution >= 4 is 23.0 Å². The van der Waals surface area contributed by atoms with Crippen LogP contribution in [0.15, 0.2) is 41.3 Å². The molecule has 1 saturated heterocycles. The van der Waals surface area contributed by atoms with Gasteiger partial charge in [0.15, 0.2) is 11.6 Å². The van der Waals surface area contributed by atoms with Crippen LogP contribution in [0.25, 0.3) is 5.52 Å². The third-order valence-electron chi connectivity index (χ3n) is 5.48. The SMILES string of the molecule is CN=C(/C(=C\N)OCC1CCNCC1)c1ccn2nc(NC(=O)C3CC3)cc2c1. The molecule has 154 valence electrons. The topological polar surface area (TPSA) is 106 Å². The summed E-state index contributed by atoms with van der Waals surface area (Å²) in [6, 6.07) is 5.75. The molecule has 4 rings (SSSR count). The Morgan fingerprint density at radius 3 is 2.86 bits per heavy atom. The molecule has 0 radical (unpaired) electrons. The number of rotatable bonds is 7. The number of nitrogens with zero attached hydrogens (tertiary/aromatic N) is 3. The number of allylic oxidation sites excluding steroid dienone is 1. The first kappa shape index (κ1) is 19.4. The molecule has 8 nitrogen and oxygen atoms in total. The fourth-order valence-corrected chi connectivity index (χ4v) is 3.61. The summed E-state index contributed by atoms with van der Waals surface area (Å²) >= 11 is 0. The molecule has 1 aliphatic heterocycles. The van der Waals surface area contributed by atoms with E-state index in [1.54, 1.807) is 11.6 Å². The lowest BCUT2D eigenvalue weighted by atomic mass is 9.99. The molecule has 2 fully saturated rings. The van der Waals surface area contributed by atoms with Crippen LogP contribution in [0.3, 0.4) is 0 Å². The molecule has 8 heteroatoms. The Kier molecular flexibility index (Phi) is 5.80. The first-order chi connectivity index (χ1) is 14.2. The number of hydrogen-bond acceptors (Lipinski definition) is 6. The highest BCUT2D eigenvalue weighted by Crippen LogP contribution is 2.30. The number of ether oxygens (including phenoxy) is 1. The van der Waals surface area contributed by atoms with Crippen molar-refractivity contribution in [3.63, 3.8) is 0 Å². The maximum atomic E-state index is 12.0. The van der Waals surface area contributed by atoms with Gasteiger partial charge in [0.25, 0.3) is 0 Å². The van der Waals surface area contributed by atoms with E-state index >= 15 is 0 Å². The maximum Gasteiger partial charge on any atom is 0.228 e. The van der Waals surface area contributed by atoms with Crippen LogP contribution in [0.1, 0.15) is 31.2 Å². The average molecular weight is 396 g/mol. The average Bonchev–Trinajstić information content (AvgIpc) is 3.52. The van der Waals surface area contributed by atoms with Crippen LogP contribution >= 0.6 is 0 Å². The van der Waals surface area contributed by atoms with Crippen LogP contribution in [-0.2, 0) is 9.53 Å². The van der Waals surface area contributed by atoms with Gasteiger partial charge >= 0.3 is 0 Å². The third kappa shape index (κ3) is 4.59. The molecule has 29 heavy (non-hydrogen) atoms. The highest BCUT2D eigenvalue weighted by atomic mass is 16.5. The summed E-state index contributed by atoms with van der Waals surface area (Å²) in [5.74, 6) is 1.86. The minimum absolute atomic E-state index is 0.0455. The molecule has 2 aromatic heterocycles. The summed E-state index contributed by atoms with van der Waals surface area (Å²) in [6.07, 6.45) is 7.46. The predicted molar refractivity (Wildman–Crippen MR) is 113 cm³/mol. The van der Waals surface area contributed by atoms with Crippen LogP contribution in [0.2, 0.25) is 0 Å². The van der Waals surface area contributed by atoms with Crippen molar-refractivity contribution < 1.29 is 9.53 Å². The van der Waals surface area contributed by atoms with Gasteiger partial charge in [0.2, 0.25) is 5.91 Å². The molecule has 2 aromatic rings. The van der Waals surface area contributed by atoms with E-state index in [1.807, 2.05) is 24.4 Å². The predicted octanol–water partition coefficient (Wildman–Crippen LogP) is 1.92. The van der Waals surface area contributed by atoms with Crippen molar-refractivity contribution in [1.82, 2.24) is 14.9 Å². The van der Waals surface area contributed by atoms with E-state index in [2.05, 4.69) is 20.7 Å². The number of anilines is 1. The zero-order valence-electron chi connectivity index (χ0n) is 16.7. The number of carbonyl (C=O) groups excluding carboxylic acids is 1. The fraction of sp³-hybridized carbons (Fsp3) is 0.476. The second kappa shape index (κ2) is 8.65. The van der Waals surface area contributed by atoms with Gasteiger partial charge in [-0.25, -0.2) is 4.52 Å². The zero-order chi connectivity index (χ0) is 20.2. The monoisotopic (exact) mass is 396 g/mol. The lowest BCUT2D eigenvalue weighted by Gasteiger charge is -2.23. The largest absolute Gasteiger partial charge is 0.490 e. The molecule has 0 aromatic carbocycles. The summed E-state index contributed by atoms with van der Waals surface area (Å²) in [6.45, 7) is 2.69. The van der Waals surface area contributed by atoms with E-state index in [9.17, 15) is 4.79 Å². The molecule has 1 aliphatic carbocycles. The Balaban J connectivity index is 1.48. The van der Waals surface area contributed by atoms with E-state index in [1.165, 1.54) is 6.20 Å². The summed E-state index contributed by atoms with van der Waals surface area (Å²) in [5.41, 5.74) is 8.32. The van der Waals surface area contributed by atoms with Gasteiger partial charge in [0, 0.05) is 37.0 Å². The standard InChI is InChI=1S/C21H28N6O2/c1-23-20(18(12-22)29-13-14-4-7-24-8-5-14)16-6-9-27-17(10-16)11-19(26-27)25-21(28)15-2-3-15/h6,9-12,14-15,24H,2-5,7-8,13,22H2,1H3,(H,25,26,28)/b18-12+,23-20?. The molecular weight excluding hydrogens is 368 g/mol.